The normalized spacial score (nSPS) is 13.5. The topological polar surface area (TPSA) is 86.8 Å². The lowest BCUT2D eigenvalue weighted by atomic mass is 10.4. The number of aliphatic carboxylic acids is 1. The summed E-state index contributed by atoms with van der Waals surface area (Å²) in [6.45, 7) is 2.08. The Morgan fingerprint density at radius 2 is 2.27 bits per heavy atom. The molecule has 0 fully saturated rings. The Bertz CT molecular complexity index is 127. The minimum absolute atomic E-state index is 0.172. The fourth-order valence-corrected chi connectivity index (χ4v) is 0.738. The van der Waals surface area contributed by atoms with Gasteiger partial charge in [0.1, 0.15) is 6.23 Å². The van der Waals surface area contributed by atoms with Gasteiger partial charge in [-0.25, -0.2) is 0 Å². The Labute approximate surface area is 65.4 Å². The average molecular weight is 162 g/mol. The smallest absolute Gasteiger partial charge is 0.317 e. The van der Waals surface area contributed by atoms with Crippen molar-refractivity contribution in [1.29, 1.82) is 0 Å². The minimum Gasteiger partial charge on any atom is -0.480 e. The molecule has 4 N–H and O–H groups in total. The highest BCUT2D eigenvalue weighted by Gasteiger charge is 2.12. The number of aliphatic hydroxyl groups excluding tert-OH is 1. The second kappa shape index (κ2) is 5.06. The number of rotatable bonds is 5. The number of hydrogen-bond donors (Lipinski definition) is 3. The van der Waals surface area contributed by atoms with Gasteiger partial charge in [-0.05, 0) is 6.92 Å². The van der Waals surface area contributed by atoms with Crippen LogP contribution in [-0.4, -0.2) is 46.9 Å². The molecule has 0 amide bonds. The predicted octanol–water partition coefficient (Wildman–Crippen LogP) is -1.33. The van der Waals surface area contributed by atoms with E-state index in [1.165, 1.54) is 11.8 Å². The molecule has 0 saturated carbocycles. The highest BCUT2D eigenvalue weighted by atomic mass is 16.4. The molecule has 0 aliphatic rings. The molecule has 0 spiro atoms. The molecule has 0 radical (unpaired) electrons. The molecular formula is C6H14N2O3. The molecule has 0 rings (SSSR count). The maximum absolute atomic E-state index is 10.2. The Kier molecular flexibility index (Phi) is 4.76. The van der Waals surface area contributed by atoms with Gasteiger partial charge >= 0.3 is 5.97 Å². The molecule has 0 aromatic carbocycles. The van der Waals surface area contributed by atoms with Gasteiger partial charge in [0, 0.05) is 13.1 Å². The summed E-state index contributed by atoms with van der Waals surface area (Å²) in [6.07, 6.45) is -0.755. The molecule has 66 valence electrons. The van der Waals surface area contributed by atoms with Crippen molar-refractivity contribution in [3.05, 3.63) is 0 Å². The van der Waals surface area contributed by atoms with E-state index >= 15 is 0 Å². The van der Waals surface area contributed by atoms with Crippen LogP contribution in [0.5, 0.6) is 0 Å². The maximum Gasteiger partial charge on any atom is 0.317 e. The molecule has 1 unspecified atom stereocenters. The number of carbonyl (C=O) groups is 1. The Morgan fingerprint density at radius 3 is 2.55 bits per heavy atom. The van der Waals surface area contributed by atoms with Gasteiger partial charge in [0.2, 0.25) is 0 Å². The lowest BCUT2D eigenvalue weighted by Crippen LogP contribution is -2.40. The van der Waals surface area contributed by atoms with Gasteiger partial charge in [-0.2, -0.15) is 0 Å². The molecule has 5 nitrogen and oxygen atoms in total. The van der Waals surface area contributed by atoms with Crippen LogP contribution in [0.2, 0.25) is 0 Å². The van der Waals surface area contributed by atoms with Gasteiger partial charge in [0.15, 0.2) is 0 Å². The number of carboxylic acids is 1. The van der Waals surface area contributed by atoms with Crippen LogP contribution in [0, 0.1) is 0 Å². The SMILES string of the molecule is CC(O)N(CCN)CC(=O)O. The second-order valence-electron chi connectivity index (χ2n) is 2.28. The first kappa shape index (κ1) is 10.3. The molecule has 0 heterocycles. The van der Waals surface area contributed by atoms with E-state index in [4.69, 9.17) is 15.9 Å². The number of carboxylic acid groups (broad SMARTS) is 1. The molecule has 11 heavy (non-hydrogen) atoms. The quantitative estimate of drug-likeness (QED) is 0.436. The van der Waals surface area contributed by atoms with Crippen LogP contribution in [0.1, 0.15) is 6.92 Å². The molecule has 0 aliphatic heterocycles. The van der Waals surface area contributed by atoms with Crippen molar-refractivity contribution in [3.8, 4) is 0 Å². The standard InChI is InChI=1S/C6H14N2O3/c1-5(9)8(3-2-7)4-6(10)11/h5,9H,2-4,7H2,1H3,(H,10,11). The third-order valence-electron chi connectivity index (χ3n) is 1.28. The number of aliphatic hydroxyl groups is 1. The maximum atomic E-state index is 10.2. The van der Waals surface area contributed by atoms with E-state index < -0.39 is 12.2 Å². The minimum atomic E-state index is -0.959. The van der Waals surface area contributed by atoms with Crippen molar-refractivity contribution >= 4 is 5.97 Å². The molecule has 0 aliphatic carbocycles. The van der Waals surface area contributed by atoms with Crippen LogP contribution in [0.3, 0.4) is 0 Å². The van der Waals surface area contributed by atoms with Crippen molar-refractivity contribution in [3.63, 3.8) is 0 Å². The first-order chi connectivity index (χ1) is 5.07. The van der Waals surface area contributed by atoms with Crippen molar-refractivity contribution in [2.24, 2.45) is 5.73 Å². The van der Waals surface area contributed by atoms with Gasteiger partial charge in [-0.15, -0.1) is 0 Å². The molecule has 1 atom stereocenters. The summed E-state index contributed by atoms with van der Waals surface area (Å²) in [7, 11) is 0. The zero-order valence-electron chi connectivity index (χ0n) is 6.53. The van der Waals surface area contributed by atoms with Crippen molar-refractivity contribution in [2.75, 3.05) is 19.6 Å². The monoisotopic (exact) mass is 162 g/mol. The number of nitrogens with zero attached hydrogens (tertiary/aromatic N) is 1. The van der Waals surface area contributed by atoms with Crippen molar-refractivity contribution < 1.29 is 15.0 Å². The molecule has 0 saturated heterocycles. The predicted molar refractivity (Wildman–Crippen MR) is 39.9 cm³/mol. The van der Waals surface area contributed by atoms with Gasteiger partial charge in [-0.3, -0.25) is 9.69 Å². The van der Waals surface area contributed by atoms with Crippen LogP contribution in [0.4, 0.5) is 0 Å². The summed E-state index contributed by atoms with van der Waals surface area (Å²) in [5.74, 6) is -0.959. The van der Waals surface area contributed by atoms with Crippen LogP contribution in [-0.2, 0) is 4.79 Å². The van der Waals surface area contributed by atoms with E-state index in [1.54, 1.807) is 0 Å². The third kappa shape index (κ3) is 4.72. The van der Waals surface area contributed by atoms with E-state index in [0.29, 0.717) is 13.1 Å². The third-order valence-corrected chi connectivity index (χ3v) is 1.28. The first-order valence-electron chi connectivity index (χ1n) is 3.42. The average Bonchev–Trinajstić information content (AvgIpc) is 1.86. The Morgan fingerprint density at radius 1 is 1.73 bits per heavy atom. The van der Waals surface area contributed by atoms with Gasteiger partial charge in [0.05, 0.1) is 6.54 Å². The molecular weight excluding hydrogens is 148 g/mol. The van der Waals surface area contributed by atoms with Crippen LogP contribution in [0.25, 0.3) is 0 Å². The Balaban J connectivity index is 3.79. The van der Waals surface area contributed by atoms with Crippen LogP contribution >= 0.6 is 0 Å². The highest BCUT2D eigenvalue weighted by molar-refractivity contribution is 5.69. The summed E-state index contributed by atoms with van der Waals surface area (Å²) in [5, 5.41) is 17.4. The fourth-order valence-electron chi connectivity index (χ4n) is 0.738. The molecule has 0 bridgehead atoms. The number of hydrogen-bond acceptors (Lipinski definition) is 4. The molecule has 0 aromatic rings. The van der Waals surface area contributed by atoms with E-state index in [-0.39, 0.29) is 6.54 Å². The van der Waals surface area contributed by atoms with Gasteiger partial charge in [-0.1, -0.05) is 0 Å². The Hall–Kier alpha value is -0.650. The summed E-state index contributed by atoms with van der Waals surface area (Å²) in [6, 6.07) is 0. The zero-order valence-corrected chi connectivity index (χ0v) is 6.53. The summed E-state index contributed by atoms with van der Waals surface area (Å²) in [5.41, 5.74) is 5.20. The van der Waals surface area contributed by atoms with E-state index in [2.05, 4.69) is 0 Å². The lowest BCUT2D eigenvalue weighted by molar-refractivity contribution is -0.141. The summed E-state index contributed by atoms with van der Waals surface area (Å²) in [4.78, 5) is 11.6. The van der Waals surface area contributed by atoms with Gasteiger partial charge < -0.3 is 15.9 Å². The molecule has 0 aromatic heterocycles. The largest absolute Gasteiger partial charge is 0.480 e. The van der Waals surface area contributed by atoms with E-state index in [9.17, 15) is 4.79 Å². The van der Waals surface area contributed by atoms with E-state index in [1.807, 2.05) is 0 Å². The first-order valence-corrected chi connectivity index (χ1v) is 3.42. The second-order valence-corrected chi connectivity index (χ2v) is 2.28. The van der Waals surface area contributed by atoms with E-state index in [0.717, 1.165) is 0 Å². The van der Waals surface area contributed by atoms with Gasteiger partial charge in [0.25, 0.3) is 0 Å². The summed E-state index contributed by atoms with van der Waals surface area (Å²) < 4.78 is 0. The lowest BCUT2D eigenvalue weighted by Gasteiger charge is -2.21. The zero-order chi connectivity index (χ0) is 8.85. The van der Waals surface area contributed by atoms with Crippen molar-refractivity contribution in [1.82, 2.24) is 4.90 Å². The highest BCUT2D eigenvalue weighted by Crippen LogP contribution is 1.92. The number of nitrogens with two attached hydrogens (primary N) is 1. The van der Waals surface area contributed by atoms with Crippen molar-refractivity contribution in [2.45, 2.75) is 13.2 Å². The van der Waals surface area contributed by atoms with Crippen LogP contribution < -0.4 is 5.73 Å². The van der Waals surface area contributed by atoms with Crippen LogP contribution in [0.15, 0.2) is 0 Å². The molecule has 5 heteroatoms. The fraction of sp³-hybridized carbons (Fsp3) is 0.833. The summed E-state index contributed by atoms with van der Waals surface area (Å²) >= 11 is 0.